The lowest BCUT2D eigenvalue weighted by Gasteiger charge is -2.31. The molecule has 3 N–H and O–H groups in total. The largest absolute Gasteiger partial charge is 0.508 e. The van der Waals surface area contributed by atoms with E-state index in [4.69, 9.17) is 5.11 Å². The van der Waals surface area contributed by atoms with E-state index in [1.165, 1.54) is 6.07 Å². The van der Waals surface area contributed by atoms with Crippen LogP contribution in [-0.2, 0) is 4.79 Å². The van der Waals surface area contributed by atoms with E-state index in [0.717, 1.165) is 31.2 Å². The number of aromatic hydroxyl groups is 2. The topological polar surface area (TPSA) is 77.8 Å². The molecular formula is C15H20O4. The first kappa shape index (κ1) is 13.7. The molecule has 0 aliphatic heterocycles. The van der Waals surface area contributed by atoms with Crippen LogP contribution in [0.25, 0.3) is 0 Å². The Bertz CT molecular complexity index is 461. The molecule has 1 aromatic carbocycles. The Morgan fingerprint density at radius 2 is 1.84 bits per heavy atom. The van der Waals surface area contributed by atoms with Crippen molar-refractivity contribution in [2.75, 3.05) is 0 Å². The molecule has 1 atom stereocenters. The zero-order valence-corrected chi connectivity index (χ0v) is 11.0. The molecule has 0 radical (unpaired) electrons. The third-order valence-corrected chi connectivity index (χ3v) is 4.32. The molecule has 2 rings (SSSR count). The lowest BCUT2D eigenvalue weighted by molar-refractivity contribution is -0.143. The standard InChI is InChI=1S/C15H20O4/c1-9(15(18)19)10-2-4-11(5-3-10)13-7-6-12(16)8-14(13)17/h6-11,16-17H,2-5H2,1H3,(H,18,19)/t9?,10-,11+. The van der Waals surface area contributed by atoms with Crippen molar-refractivity contribution in [2.45, 2.75) is 38.5 Å². The predicted octanol–water partition coefficient (Wildman–Crippen LogP) is 3.09. The van der Waals surface area contributed by atoms with E-state index in [-0.39, 0.29) is 29.3 Å². The summed E-state index contributed by atoms with van der Waals surface area (Å²) in [6, 6.07) is 4.71. The summed E-state index contributed by atoms with van der Waals surface area (Å²) in [5, 5.41) is 28.2. The van der Waals surface area contributed by atoms with E-state index >= 15 is 0 Å². The normalized spacial score (nSPS) is 24.9. The summed E-state index contributed by atoms with van der Waals surface area (Å²) in [4.78, 5) is 11.0. The number of phenolic OH excluding ortho intramolecular Hbond substituents is 2. The van der Waals surface area contributed by atoms with E-state index in [9.17, 15) is 15.0 Å². The van der Waals surface area contributed by atoms with Crippen molar-refractivity contribution in [2.24, 2.45) is 11.8 Å². The van der Waals surface area contributed by atoms with Gasteiger partial charge in [-0.1, -0.05) is 13.0 Å². The fourth-order valence-electron chi connectivity index (χ4n) is 3.01. The molecule has 1 saturated carbocycles. The number of aliphatic carboxylic acids is 1. The van der Waals surface area contributed by atoms with Crippen LogP contribution in [0.1, 0.15) is 44.1 Å². The highest BCUT2D eigenvalue weighted by Crippen LogP contribution is 2.42. The van der Waals surface area contributed by atoms with Crippen molar-refractivity contribution >= 4 is 5.97 Å². The number of hydrogen-bond acceptors (Lipinski definition) is 3. The van der Waals surface area contributed by atoms with Gasteiger partial charge in [0.2, 0.25) is 0 Å². The molecule has 1 unspecified atom stereocenters. The van der Waals surface area contributed by atoms with Gasteiger partial charge in [-0.15, -0.1) is 0 Å². The Morgan fingerprint density at radius 1 is 1.21 bits per heavy atom. The maximum absolute atomic E-state index is 11.0. The summed E-state index contributed by atoms with van der Waals surface area (Å²) in [6.07, 6.45) is 3.53. The molecule has 1 aromatic rings. The smallest absolute Gasteiger partial charge is 0.306 e. The molecule has 4 heteroatoms. The third-order valence-electron chi connectivity index (χ3n) is 4.32. The van der Waals surface area contributed by atoms with Gasteiger partial charge >= 0.3 is 5.97 Å². The van der Waals surface area contributed by atoms with Crippen LogP contribution in [0, 0.1) is 11.8 Å². The van der Waals surface area contributed by atoms with Gasteiger partial charge in [0.05, 0.1) is 5.92 Å². The molecule has 4 nitrogen and oxygen atoms in total. The monoisotopic (exact) mass is 264 g/mol. The number of rotatable bonds is 3. The maximum Gasteiger partial charge on any atom is 0.306 e. The van der Waals surface area contributed by atoms with Gasteiger partial charge in [0.1, 0.15) is 11.5 Å². The Balaban J connectivity index is 2.02. The van der Waals surface area contributed by atoms with Crippen LogP contribution in [0.3, 0.4) is 0 Å². The van der Waals surface area contributed by atoms with E-state index in [1.807, 2.05) is 0 Å². The molecule has 104 valence electrons. The molecule has 0 bridgehead atoms. The summed E-state index contributed by atoms with van der Waals surface area (Å²) in [7, 11) is 0. The van der Waals surface area contributed by atoms with Crippen molar-refractivity contribution in [3.05, 3.63) is 23.8 Å². The van der Waals surface area contributed by atoms with Gasteiger partial charge in [0.15, 0.2) is 0 Å². The van der Waals surface area contributed by atoms with Crippen molar-refractivity contribution in [3.8, 4) is 11.5 Å². The van der Waals surface area contributed by atoms with E-state index in [0.29, 0.717) is 0 Å². The fraction of sp³-hybridized carbons (Fsp3) is 0.533. The van der Waals surface area contributed by atoms with Crippen LogP contribution in [0.15, 0.2) is 18.2 Å². The van der Waals surface area contributed by atoms with Crippen LogP contribution in [0.5, 0.6) is 11.5 Å². The summed E-state index contributed by atoms with van der Waals surface area (Å²) >= 11 is 0. The minimum Gasteiger partial charge on any atom is -0.508 e. The Labute approximate surface area is 112 Å². The minimum absolute atomic E-state index is 0.0643. The summed E-state index contributed by atoms with van der Waals surface area (Å²) in [6.45, 7) is 1.77. The van der Waals surface area contributed by atoms with E-state index in [2.05, 4.69) is 0 Å². The average Bonchev–Trinajstić information content (AvgIpc) is 2.38. The first-order chi connectivity index (χ1) is 8.99. The molecule has 19 heavy (non-hydrogen) atoms. The second kappa shape index (κ2) is 5.51. The summed E-state index contributed by atoms with van der Waals surface area (Å²) in [5.41, 5.74) is 0.860. The zero-order valence-electron chi connectivity index (χ0n) is 11.0. The number of phenols is 2. The first-order valence-electron chi connectivity index (χ1n) is 6.73. The van der Waals surface area contributed by atoms with Gasteiger partial charge in [-0.05, 0) is 49.1 Å². The molecule has 0 saturated heterocycles. The number of hydrogen-bond donors (Lipinski definition) is 3. The minimum atomic E-state index is -0.726. The second-order valence-electron chi connectivity index (χ2n) is 5.48. The molecule has 1 fully saturated rings. The fourth-order valence-corrected chi connectivity index (χ4v) is 3.01. The van der Waals surface area contributed by atoms with Crippen LogP contribution in [0.4, 0.5) is 0 Å². The highest BCUT2D eigenvalue weighted by Gasteiger charge is 2.30. The molecule has 0 amide bonds. The lowest BCUT2D eigenvalue weighted by Crippen LogP contribution is -2.24. The van der Waals surface area contributed by atoms with Gasteiger partial charge in [-0.3, -0.25) is 4.79 Å². The Kier molecular flexibility index (Phi) is 3.98. The summed E-state index contributed by atoms with van der Waals surface area (Å²) < 4.78 is 0. The lowest BCUT2D eigenvalue weighted by atomic mass is 9.74. The Hall–Kier alpha value is -1.71. The van der Waals surface area contributed by atoms with Gasteiger partial charge < -0.3 is 15.3 Å². The first-order valence-corrected chi connectivity index (χ1v) is 6.73. The molecule has 0 heterocycles. The van der Waals surface area contributed by atoms with E-state index < -0.39 is 5.97 Å². The van der Waals surface area contributed by atoms with Gasteiger partial charge in [-0.25, -0.2) is 0 Å². The van der Waals surface area contributed by atoms with Crippen LogP contribution < -0.4 is 0 Å². The number of carboxylic acids is 1. The number of carbonyl (C=O) groups is 1. The highest BCUT2D eigenvalue weighted by molar-refractivity contribution is 5.69. The molecular weight excluding hydrogens is 244 g/mol. The molecule has 0 aromatic heterocycles. The average molecular weight is 264 g/mol. The predicted molar refractivity (Wildman–Crippen MR) is 71.3 cm³/mol. The van der Waals surface area contributed by atoms with Crippen LogP contribution in [-0.4, -0.2) is 21.3 Å². The number of benzene rings is 1. The SMILES string of the molecule is CC(C(=O)O)[C@H]1CC[C@@H](c2ccc(O)cc2O)CC1. The third kappa shape index (κ3) is 3.00. The van der Waals surface area contributed by atoms with Crippen molar-refractivity contribution in [1.82, 2.24) is 0 Å². The van der Waals surface area contributed by atoms with Gasteiger partial charge in [0, 0.05) is 6.07 Å². The summed E-state index contributed by atoms with van der Waals surface area (Å²) in [5.74, 6) is -0.333. The molecule has 1 aliphatic rings. The maximum atomic E-state index is 11.0. The zero-order chi connectivity index (χ0) is 14.0. The Morgan fingerprint density at radius 3 is 2.37 bits per heavy atom. The van der Waals surface area contributed by atoms with Crippen LogP contribution >= 0.6 is 0 Å². The quantitative estimate of drug-likeness (QED) is 0.784. The van der Waals surface area contributed by atoms with Gasteiger partial charge in [0.25, 0.3) is 0 Å². The van der Waals surface area contributed by atoms with Crippen LogP contribution in [0.2, 0.25) is 0 Å². The van der Waals surface area contributed by atoms with Gasteiger partial charge in [-0.2, -0.15) is 0 Å². The van der Waals surface area contributed by atoms with Crippen molar-refractivity contribution in [3.63, 3.8) is 0 Å². The highest BCUT2D eigenvalue weighted by atomic mass is 16.4. The van der Waals surface area contributed by atoms with E-state index in [1.54, 1.807) is 19.1 Å². The second-order valence-corrected chi connectivity index (χ2v) is 5.48. The molecule has 1 aliphatic carbocycles. The number of carboxylic acid groups (broad SMARTS) is 1. The van der Waals surface area contributed by atoms with Crippen molar-refractivity contribution < 1.29 is 20.1 Å². The van der Waals surface area contributed by atoms with Crippen molar-refractivity contribution in [1.29, 1.82) is 0 Å². The molecule has 0 spiro atoms.